The first-order valence-corrected chi connectivity index (χ1v) is 7.72. The molecule has 2 rings (SSSR count). The number of nitrogens with one attached hydrogen (secondary N) is 1. The van der Waals surface area contributed by atoms with Gasteiger partial charge in [0.15, 0.2) is 0 Å². The SMILES string of the molecule is CCN(Cc1ccc(C(=O)NC)cc1)Cc1ccccc1C. The van der Waals surface area contributed by atoms with Crippen LogP contribution < -0.4 is 5.32 Å². The summed E-state index contributed by atoms with van der Waals surface area (Å²) in [6.07, 6.45) is 0. The minimum atomic E-state index is -0.0428. The highest BCUT2D eigenvalue weighted by atomic mass is 16.1. The largest absolute Gasteiger partial charge is 0.355 e. The van der Waals surface area contributed by atoms with Crippen LogP contribution in [-0.4, -0.2) is 24.4 Å². The Labute approximate surface area is 133 Å². The van der Waals surface area contributed by atoms with Gasteiger partial charge in [0, 0.05) is 25.7 Å². The second-order valence-corrected chi connectivity index (χ2v) is 5.51. The van der Waals surface area contributed by atoms with Crippen LogP contribution in [0.3, 0.4) is 0 Å². The van der Waals surface area contributed by atoms with Gasteiger partial charge in [-0.2, -0.15) is 0 Å². The molecular formula is C19H24N2O. The molecule has 0 aliphatic rings. The van der Waals surface area contributed by atoms with Crippen molar-refractivity contribution in [3.8, 4) is 0 Å². The summed E-state index contributed by atoms with van der Waals surface area (Å²) in [4.78, 5) is 14.0. The van der Waals surface area contributed by atoms with Gasteiger partial charge in [0.2, 0.25) is 0 Å². The van der Waals surface area contributed by atoms with Crippen LogP contribution >= 0.6 is 0 Å². The van der Waals surface area contributed by atoms with E-state index in [1.54, 1.807) is 7.05 Å². The highest BCUT2D eigenvalue weighted by Gasteiger charge is 2.08. The van der Waals surface area contributed by atoms with E-state index in [9.17, 15) is 4.79 Å². The van der Waals surface area contributed by atoms with Gasteiger partial charge in [-0.15, -0.1) is 0 Å². The van der Waals surface area contributed by atoms with Crippen molar-refractivity contribution in [1.29, 1.82) is 0 Å². The topological polar surface area (TPSA) is 32.3 Å². The molecule has 0 atom stereocenters. The highest BCUT2D eigenvalue weighted by molar-refractivity contribution is 5.93. The van der Waals surface area contributed by atoms with Gasteiger partial charge >= 0.3 is 0 Å². The van der Waals surface area contributed by atoms with Gasteiger partial charge < -0.3 is 5.32 Å². The zero-order valence-electron chi connectivity index (χ0n) is 13.6. The Morgan fingerprint density at radius 3 is 2.32 bits per heavy atom. The minimum Gasteiger partial charge on any atom is -0.355 e. The monoisotopic (exact) mass is 296 g/mol. The zero-order valence-corrected chi connectivity index (χ0v) is 13.6. The van der Waals surface area contributed by atoms with Crippen LogP contribution in [0.25, 0.3) is 0 Å². The molecule has 0 aromatic heterocycles. The third-order valence-electron chi connectivity index (χ3n) is 3.95. The molecular weight excluding hydrogens is 272 g/mol. The Bertz CT molecular complexity index is 620. The molecule has 2 aromatic carbocycles. The lowest BCUT2D eigenvalue weighted by Gasteiger charge is -2.21. The summed E-state index contributed by atoms with van der Waals surface area (Å²) in [5.41, 5.74) is 4.62. The van der Waals surface area contributed by atoms with E-state index in [1.807, 2.05) is 24.3 Å². The molecule has 1 N–H and O–H groups in total. The Morgan fingerprint density at radius 1 is 1.05 bits per heavy atom. The van der Waals surface area contributed by atoms with Gasteiger partial charge in [0.05, 0.1) is 0 Å². The molecule has 22 heavy (non-hydrogen) atoms. The van der Waals surface area contributed by atoms with E-state index in [-0.39, 0.29) is 5.91 Å². The number of amides is 1. The lowest BCUT2D eigenvalue weighted by molar-refractivity contribution is 0.0963. The van der Waals surface area contributed by atoms with Crippen molar-refractivity contribution in [3.63, 3.8) is 0 Å². The molecule has 0 radical (unpaired) electrons. The van der Waals surface area contributed by atoms with E-state index < -0.39 is 0 Å². The van der Waals surface area contributed by atoms with Gasteiger partial charge in [0.1, 0.15) is 0 Å². The molecule has 0 bridgehead atoms. The molecule has 2 aromatic rings. The Balaban J connectivity index is 2.04. The molecule has 0 saturated heterocycles. The summed E-state index contributed by atoms with van der Waals surface area (Å²) in [5.74, 6) is -0.0428. The average molecular weight is 296 g/mol. The van der Waals surface area contributed by atoms with E-state index in [1.165, 1.54) is 16.7 Å². The van der Waals surface area contributed by atoms with Crippen molar-refractivity contribution in [1.82, 2.24) is 10.2 Å². The van der Waals surface area contributed by atoms with Crippen molar-refractivity contribution >= 4 is 5.91 Å². The van der Waals surface area contributed by atoms with E-state index in [0.717, 1.165) is 19.6 Å². The second-order valence-electron chi connectivity index (χ2n) is 5.51. The number of hydrogen-bond acceptors (Lipinski definition) is 2. The van der Waals surface area contributed by atoms with Crippen molar-refractivity contribution in [2.24, 2.45) is 0 Å². The Morgan fingerprint density at radius 2 is 1.73 bits per heavy atom. The summed E-state index contributed by atoms with van der Waals surface area (Å²) >= 11 is 0. The lowest BCUT2D eigenvalue weighted by atomic mass is 10.1. The van der Waals surface area contributed by atoms with Gasteiger partial charge in [-0.1, -0.05) is 43.3 Å². The molecule has 0 heterocycles. The molecule has 0 fully saturated rings. The number of benzene rings is 2. The van der Waals surface area contributed by atoms with Crippen LogP contribution in [-0.2, 0) is 13.1 Å². The standard InChI is InChI=1S/C19H24N2O/c1-4-21(14-18-8-6-5-7-15(18)2)13-16-9-11-17(12-10-16)19(22)20-3/h5-12H,4,13-14H2,1-3H3,(H,20,22). The van der Waals surface area contributed by atoms with E-state index in [0.29, 0.717) is 5.56 Å². The maximum absolute atomic E-state index is 11.6. The summed E-state index contributed by atoms with van der Waals surface area (Å²) in [5, 5.41) is 2.64. The zero-order chi connectivity index (χ0) is 15.9. The maximum atomic E-state index is 11.6. The van der Waals surface area contributed by atoms with Crippen LogP contribution in [0, 0.1) is 6.92 Å². The van der Waals surface area contributed by atoms with Crippen molar-refractivity contribution in [2.75, 3.05) is 13.6 Å². The van der Waals surface area contributed by atoms with Gasteiger partial charge in [0.25, 0.3) is 5.91 Å². The van der Waals surface area contributed by atoms with Crippen LogP contribution in [0.4, 0.5) is 0 Å². The van der Waals surface area contributed by atoms with Crippen molar-refractivity contribution in [2.45, 2.75) is 26.9 Å². The molecule has 3 nitrogen and oxygen atoms in total. The third kappa shape index (κ3) is 4.18. The van der Waals surface area contributed by atoms with Gasteiger partial charge in [-0.25, -0.2) is 0 Å². The van der Waals surface area contributed by atoms with Crippen LogP contribution in [0.15, 0.2) is 48.5 Å². The maximum Gasteiger partial charge on any atom is 0.251 e. The van der Waals surface area contributed by atoms with Gasteiger partial charge in [-0.05, 0) is 42.3 Å². The second kappa shape index (κ2) is 7.76. The number of carbonyl (C=O) groups excluding carboxylic acids is 1. The molecule has 0 aliphatic carbocycles. The number of aryl methyl sites for hydroxylation is 1. The Kier molecular flexibility index (Phi) is 5.73. The highest BCUT2D eigenvalue weighted by Crippen LogP contribution is 2.14. The average Bonchev–Trinajstić information content (AvgIpc) is 2.56. The fourth-order valence-electron chi connectivity index (χ4n) is 2.47. The number of rotatable bonds is 6. The van der Waals surface area contributed by atoms with E-state index >= 15 is 0 Å². The fraction of sp³-hybridized carbons (Fsp3) is 0.316. The van der Waals surface area contributed by atoms with Crippen LogP contribution in [0.2, 0.25) is 0 Å². The number of nitrogens with zero attached hydrogens (tertiary/aromatic N) is 1. The first-order valence-electron chi connectivity index (χ1n) is 7.72. The summed E-state index contributed by atoms with van der Waals surface area (Å²) < 4.78 is 0. The van der Waals surface area contributed by atoms with Crippen LogP contribution in [0.1, 0.15) is 34.0 Å². The van der Waals surface area contributed by atoms with E-state index in [2.05, 4.69) is 48.3 Å². The van der Waals surface area contributed by atoms with Crippen molar-refractivity contribution in [3.05, 3.63) is 70.8 Å². The lowest BCUT2D eigenvalue weighted by Crippen LogP contribution is -2.23. The predicted octanol–water partition coefficient (Wildman–Crippen LogP) is 3.38. The molecule has 0 unspecified atom stereocenters. The first kappa shape index (κ1) is 16.2. The number of hydrogen-bond donors (Lipinski definition) is 1. The first-order chi connectivity index (χ1) is 10.6. The normalized spacial score (nSPS) is 10.7. The molecule has 0 saturated carbocycles. The summed E-state index contributed by atoms with van der Waals surface area (Å²) in [6.45, 7) is 7.16. The smallest absolute Gasteiger partial charge is 0.251 e. The molecule has 3 heteroatoms. The summed E-state index contributed by atoms with van der Waals surface area (Å²) in [6, 6.07) is 16.3. The quantitative estimate of drug-likeness (QED) is 0.886. The van der Waals surface area contributed by atoms with Gasteiger partial charge in [-0.3, -0.25) is 9.69 Å². The molecule has 0 aliphatic heterocycles. The van der Waals surface area contributed by atoms with Crippen molar-refractivity contribution < 1.29 is 4.79 Å². The number of carbonyl (C=O) groups is 1. The minimum absolute atomic E-state index is 0.0428. The Hall–Kier alpha value is -2.13. The fourth-order valence-corrected chi connectivity index (χ4v) is 2.47. The van der Waals surface area contributed by atoms with Crippen LogP contribution in [0.5, 0.6) is 0 Å². The van der Waals surface area contributed by atoms with E-state index in [4.69, 9.17) is 0 Å². The summed E-state index contributed by atoms with van der Waals surface area (Å²) in [7, 11) is 1.65. The molecule has 0 spiro atoms. The molecule has 1 amide bonds. The molecule has 116 valence electrons. The predicted molar refractivity (Wildman–Crippen MR) is 90.8 cm³/mol. The third-order valence-corrected chi connectivity index (χ3v) is 3.95.